The van der Waals surface area contributed by atoms with Crippen LogP contribution in [0.15, 0.2) is 24.5 Å². The lowest BCUT2D eigenvalue weighted by Crippen LogP contribution is -2.55. The lowest BCUT2D eigenvalue weighted by atomic mass is 9.82. The molecule has 0 aromatic carbocycles. The number of likely N-dealkylation sites (tertiary alicyclic amines) is 1. The molecule has 1 amide bonds. The van der Waals surface area contributed by atoms with E-state index in [1.807, 2.05) is 32.1 Å². The van der Waals surface area contributed by atoms with E-state index in [2.05, 4.69) is 14.9 Å². The topological polar surface area (TPSA) is 72.5 Å². The first-order chi connectivity index (χ1) is 13.5. The Bertz CT molecular complexity index is 1080. The van der Waals surface area contributed by atoms with Gasteiger partial charge in [0.25, 0.3) is 6.04 Å². The summed E-state index contributed by atoms with van der Waals surface area (Å²) in [5.74, 6) is -0.509. The summed E-state index contributed by atoms with van der Waals surface area (Å²) in [4.78, 5) is 36.0. The molecule has 0 radical (unpaired) electrons. The highest BCUT2D eigenvalue weighted by atomic mass is 16.2. The number of rotatable bonds is 3. The molecule has 28 heavy (non-hydrogen) atoms. The van der Waals surface area contributed by atoms with Gasteiger partial charge in [-0.1, -0.05) is 19.9 Å². The zero-order chi connectivity index (χ0) is 19.6. The fourth-order valence-electron chi connectivity index (χ4n) is 4.43. The maximum atomic E-state index is 13.3. The van der Waals surface area contributed by atoms with Crippen molar-refractivity contribution in [2.75, 3.05) is 13.1 Å². The fourth-order valence-corrected chi connectivity index (χ4v) is 4.43. The predicted octanol–water partition coefficient (Wildman–Crippen LogP) is 2.58. The van der Waals surface area contributed by atoms with Crippen LogP contribution in [0.25, 0.3) is 22.0 Å². The Labute approximate surface area is 162 Å². The van der Waals surface area contributed by atoms with Crippen LogP contribution in [-0.2, 0) is 4.79 Å². The Hall–Kier alpha value is -3.27. The number of amides is 1. The number of carbonyl (C=O) groups excluding carboxylic acids is 2. The van der Waals surface area contributed by atoms with Crippen LogP contribution in [0.2, 0.25) is 0 Å². The molecular weight excluding hydrogens is 354 g/mol. The molecule has 2 unspecified atom stereocenters. The van der Waals surface area contributed by atoms with Gasteiger partial charge >= 0.3 is 0 Å². The van der Waals surface area contributed by atoms with E-state index in [0.717, 1.165) is 22.4 Å². The molecule has 1 fully saturated rings. The Morgan fingerprint density at radius 2 is 2.11 bits per heavy atom. The van der Waals surface area contributed by atoms with Crippen molar-refractivity contribution in [1.82, 2.24) is 19.7 Å². The van der Waals surface area contributed by atoms with Crippen LogP contribution < -0.4 is 0 Å². The highest BCUT2D eigenvalue weighted by Crippen LogP contribution is 2.45. The molecule has 0 spiro atoms. The van der Waals surface area contributed by atoms with Gasteiger partial charge in [-0.05, 0) is 23.6 Å². The van der Waals surface area contributed by atoms with E-state index in [4.69, 9.17) is 6.57 Å². The predicted molar refractivity (Wildman–Crippen MR) is 102 cm³/mol. The lowest BCUT2D eigenvalue weighted by molar-refractivity contribution is -0.140. The molecule has 7 nitrogen and oxygen atoms in total. The van der Waals surface area contributed by atoms with Gasteiger partial charge in [0.1, 0.15) is 11.7 Å². The first kappa shape index (κ1) is 16.9. The summed E-state index contributed by atoms with van der Waals surface area (Å²) >= 11 is 0. The van der Waals surface area contributed by atoms with Crippen LogP contribution in [0.5, 0.6) is 0 Å². The number of hydrogen-bond donors (Lipinski definition) is 0. The maximum Gasteiger partial charge on any atom is 0.258 e. The third-order valence-corrected chi connectivity index (χ3v) is 5.88. The van der Waals surface area contributed by atoms with Crippen LogP contribution in [0.1, 0.15) is 47.6 Å². The summed E-state index contributed by atoms with van der Waals surface area (Å²) < 4.78 is 1.62. The van der Waals surface area contributed by atoms with E-state index in [1.54, 1.807) is 22.0 Å². The first-order valence-electron chi connectivity index (χ1n) is 9.45. The third kappa shape index (κ3) is 2.15. The van der Waals surface area contributed by atoms with E-state index in [-0.39, 0.29) is 29.6 Å². The maximum absolute atomic E-state index is 13.3. The molecule has 0 bridgehead atoms. The van der Waals surface area contributed by atoms with E-state index in [1.165, 1.54) is 0 Å². The van der Waals surface area contributed by atoms with Crippen molar-refractivity contribution in [2.45, 2.75) is 31.8 Å². The monoisotopic (exact) mass is 373 g/mol. The molecule has 7 heteroatoms. The van der Waals surface area contributed by atoms with Crippen molar-refractivity contribution < 1.29 is 9.59 Å². The molecule has 2 atom stereocenters. The van der Waals surface area contributed by atoms with Crippen molar-refractivity contribution in [3.63, 3.8) is 0 Å². The second-order valence-electron chi connectivity index (χ2n) is 7.92. The van der Waals surface area contributed by atoms with Crippen LogP contribution in [0, 0.1) is 12.5 Å². The molecule has 3 aliphatic rings. The van der Waals surface area contributed by atoms with Crippen LogP contribution in [0.4, 0.5) is 0 Å². The number of carbonyl (C=O) groups is 2. The highest BCUT2D eigenvalue weighted by molar-refractivity contribution is 6.12. The number of ketones is 1. The van der Waals surface area contributed by atoms with Crippen LogP contribution >= 0.6 is 0 Å². The van der Waals surface area contributed by atoms with Crippen molar-refractivity contribution in [2.24, 2.45) is 5.92 Å². The number of nitrogens with zero attached hydrogens (tertiary/aromatic N) is 5. The molecule has 2 aromatic heterocycles. The van der Waals surface area contributed by atoms with E-state index >= 15 is 0 Å². The van der Waals surface area contributed by atoms with Gasteiger partial charge in [0, 0.05) is 17.3 Å². The minimum atomic E-state index is -0.562. The summed E-state index contributed by atoms with van der Waals surface area (Å²) in [7, 11) is 0. The number of aromatic nitrogens is 3. The first-order valence-corrected chi connectivity index (χ1v) is 9.45. The average molecular weight is 373 g/mol. The van der Waals surface area contributed by atoms with Gasteiger partial charge in [-0.2, -0.15) is 5.10 Å². The number of pyridine rings is 1. The largest absolute Gasteiger partial charge is 0.325 e. The van der Waals surface area contributed by atoms with Crippen LogP contribution in [0.3, 0.4) is 0 Å². The number of Topliss-reactive ketones (excluding diaryl/α,β-unsaturated/α-hetero) is 1. The van der Waals surface area contributed by atoms with Gasteiger partial charge < -0.3 is 9.74 Å². The van der Waals surface area contributed by atoms with E-state index < -0.39 is 6.04 Å². The summed E-state index contributed by atoms with van der Waals surface area (Å²) in [5.41, 5.74) is 4.00. The summed E-state index contributed by atoms with van der Waals surface area (Å²) in [6.07, 6.45) is 7.21. The minimum Gasteiger partial charge on any atom is -0.325 e. The van der Waals surface area contributed by atoms with Gasteiger partial charge in [0.05, 0.1) is 30.9 Å². The Morgan fingerprint density at radius 1 is 1.32 bits per heavy atom. The molecule has 0 saturated carbocycles. The Morgan fingerprint density at radius 3 is 2.82 bits per heavy atom. The summed E-state index contributed by atoms with van der Waals surface area (Å²) in [5, 5.41) is 4.50. The Kier molecular flexibility index (Phi) is 3.53. The smallest absolute Gasteiger partial charge is 0.258 e. The standard InChI is InChI=1S/C21H19N5O2/c1-11(2)18(21(28)25-9-12(10-25)22-3)26-19-15(8-24-26)13-6-7-23-16-5-4-14(17(13)16)20(19)27/h4-8,11-12,14,18H,9-10H2,1-2H3. The second-order valence-corrected chi connectivity index (χ2v) is 7.92. The second kappa shape index (κ2) is 5.86. The molecular formula is C21H19N5O2. The molecule has 1 saturated heterocycles. The van der Waals surface area contributed by atoms with E-state index in [0.29, 0.717) is 18.8 Å². The zero-order valence-corrected chi connectivity index (χ0v) is 15.7. The van der Waals surface area contributed by atoms with Crippen molar-refractivity contribution in [3.05, 3.63) is 52.9 Å². The molecule has 3 heterocycles. The van der Waals surface area contributed by atoms with Crippen molar-refractivity contribution in [3.8, 4) is 11.1 Å². The van der Waals surface area contributed by atoms with Gasteiger partial charge in [-0.15, -0.1) is 0 Å². The average Bonchev–Trinajstić information content (AvgIpc) is 3.24. The van der Waals surface area contributed by atoms with Gasteiger partial charge in [-0.3, -0.25) is 14.6 Å². The Balaban J connectivity index is 1.60. The fraction of sp³-hybridized carbons (Fsp3) is 0.381. The molecule has 2 aromatic rings. The van der Waals surface area contributed by atoms with Gasteiger partial charge in [0.15, 0.2) is 5.78 Å². The summed E-state index contributed by atoms with van der Waals surface area (Å²) in [6, 6.07) is 1.23. The minimum absolute atomic E-state index is 0.0372. The quantitative estimate of drug-likeness (QED) is 0.775. The van der Waals surface area contributed by atoms with Gasteiger partial charge in [0.2, 0.25) is 5.91 Å². The van der Waals surface area contributed by atoms with Crippen molar-refractivity contribution in [1.29, 1.82) is 0 Å². The van der Waals surface area contributed by atoms with Gasteiger partial charge in [-0.25, -0.2) is 11.3 Å². The van der Waals surface area contributed by atoms with Crippen LogP contribution in [-0.4, -0.2) is 50.5 Å². The number of fused-ring (bicyclic) bond motifs is 2. The summed E-state index contributed by atoms with van der Waals surface area (Å²) in [6.45, 7) is 11.9. The molecule has 5 rings (SSSR count). The molecule has 2 aliphatic carbocycles. The molecule has 1 aliphatic heterocycles. The normalized spacial score (nSPS) is 20.6. The van der Waals surface area contributed by atoms with Crippen molar-refractivity contribution >= 4 is 17.8 Å². The number of hydrogen-bond acceptors (Lipinski definition) is 4. The number of allylic oxidation sites excluding steroid dienone is 1. The lowest BCUT2D eigenvalue weighted by Gasteiger charge is -2.36. The SMILES string of the molecule is [C-]#[N+]C1CN(C(=O)C(C(C)C)n2ncc3c2C(=O)C2C=Cc4nccc-3c42)C1. The highest BCUT2D eigenvalue weighted by Gasteiger charge is 2.44. The zero-order valence-electron chi connectivity index (χ0n) is 15.7. The molecule has 140 valence electrons. The van der Waals surface area contributed by atoms with E-state index in [9.17, 15) is 9.59 Å². The third-order valence-electron chi connectivity index (χ3n) is 5.88. The molecule has 0 N–H and O–H groups in total.